The van der Waals surface area contributed by atoms with Gasteiger partial charge in [0.25, 0.3) is 5.56 Å². The first kappa shape index (κ1) is 27.9. The van der Waals surface area contributed by atoms with Gasteiger partial charge in [0.1, 0.15) is 11.5 Å². The molecule has 4 aromatic rings. The summed E-state index contributed by atoms with van der Waals surface area (Å²) >= 11 is 4.83. The van der Waals surface area contributed by atoms with Crippen LogP contribution in [0.5, 0.6) is 11.5 Å². The third-order valence-corrected chi connectivity index (χ3v) is 8.18. The van der Waals surface area contributed by atoms with E-state index in [2.05, 4.69) is 15.9 Å². The molecule has 0 N–H and O–H groups in total. The Bertz CT molecular complexity index is 1840. The number of methoxy groups -OCH3 is 1. The second-order valence-electron chi connectivity index (χ2n) is 9.56. The van der Waals surface area contributed by atoms with Crippen LogP contribution in [0.15, 0.2) is 80.1 Å². The standard InChI is InChI=1S/C31H29BrN2O5S/c1-6-38-30(36)27-18(4)33-31-34(28(27)20-12-14-25(37-5)23(32)15-20)29(35)26(40-31)16-22-21-10-8-7-9-19(21)11-13-24(22)39-17(2)3/h7-17,28H,6H2,1-5H3/b26-16+/t28-/m1/s1. The lowest BCUT2D eigenvalue weighted by molar-refractivity contribution is -0.139. The molecule has 0 saturated carbocycles. The van der Waals surface area contributed by atoms with E-state index in [1.54, 1.807) is 31.6 Å². The van der Waals surface area contributed by atoms with Gasteiger partial charge in [0.05, 0.1) is 46.1 Å². The molecule has 0 spiro atoms. The summed E-state index contributed by atoms with van der Waals surface area (Å²) in [7, 11) is 1.58. The largest absolute Gasteiger partial charge is 0.496 e. The van der Waals surface area contributed by atoms with Crippen molar-refractivity contribution in [2.45, 2.75) is 39.8 Å². The van der Waals surface area contributed by atoms with Crippen LogP contribution in [0.3, 0.4) is 0 Å². The molecule has 5 rings (SSSR count). The third-order valence-electron chi connectivity index (χ3n) is 6.58. The van der Waals surface area contributed by atoms with E-state index in [1.165, 1.54) is 11.3 Å². The van der Waals surface area contributed by atoms with E-state index < -0.39 is 12.0 Å². The second kappa shape index (κ2) is 11.4. The van der Waals surface area contributed by atoms with Gasteiger partial charge >= 0.3 is 5.97 Å². The van der Waals surface area contributed by atoms with Crippen molar-refractivity contribution in [2.24, 2.45) is 4.99 Å². The summed E-state index contributed by atoms with van der Waals surface area (Å²) in [4.78, 5) is 32.5. The van der Waals surface area contributed by atoms with Crippen molar-refractivity contribution in [3.05, 3.63) is 101 Å². The van der Waals surface area contributed by atoms with Crippen molar-refractivity contribution in [2.75, 3.05) is 13.7 Å². The smallest absolute Gasteiger partial charge is 0.338 e. The number of aromatic nitrogens is 1. The fourth-order valence-electron chi connectivity index (χ4n) is 4.87. The summed E-state index contributed by atoms with van der Waals surface area (Å²) in [6.45, 7) is 7.68. The Morgan fingerprint density at radius 2 is 1.90 bits per heavy atom. The minimum atomic E-state index is -0.724. The summed E-state index contributed by atoms with van der Waals surface area (Å²) in [5.74, 6) is 0.832. The molecule has 9 heteroatoms. The van der Waals surface area contributed by atoms with Crippen molar-refractivity contribution < 1.29 is 19.0 Å². The molecule has 7 nitrogen and oxygen atoms in total. The average Bonchev–Trinajstić information content (AvgIpc) is 3.23. The van der Waals surface area contributed by atoms with Crippen LogP contribution in [-0.2, 0) is 9.53 Å². The number of benzene rings is 3. The Morgan fingerprint density at radius 3 is 2.60 bits per heavy atom. The highest BCUT2D eigenvalue weighted by Gasteiger charge is 2.33. The van der Waals surface area contributed by atoms with Gasteiger partial charge in [0.15, 0.2) is 4.80 Å². The van der Waals surface area contributed by atoms with E-state index in [0.717, 1.165) is 21.9 Å². The molecule has 206 valence electrons. The lowest BCUT2D eigenvalue weighted by Crippen LogP contribution is -2.40. The van der Waals surface area contributed by atoms with Gasteiger partial charge in [-0.3, -0.25) is 9.36 Å². The Morgan fingerprint density at radius 1 is 1.15 bits per heavy atom. The molecule has 1 aliphatic heterocycles. The van der Waals surface area contributed by atoms with E-state index in [-0.39, 0.29) is 18.3 Å². The number of carbonyl (C=O) groups excluding carboxylic acids is 1. The molecule has 0 unspecified atom stereocenters. The Balaban J connectivity index is 1.78. The minimum Gasteiger partial charge on any atom is -0.496 e. The van der Waals surface area contributed by atoms with Gasteiger partial charge in [0.2, 0.25) is 0 Å². The van der Waals surface area contributed by atoms with Crippen LogP contribution in [0, 0.1) is 0 Å². The molecule has 1 atom stereocenters. The zero-order valence-corrected chi connectivity index (χ0v) is 25.3. The molecule has 0 amide bonds. The fraction of sp³-hybridized carbons (Fsp3) is 0.258. The Labute approximate surface area is 244 Å². The molecule has 40 heavy (non-hydrogen) atoms. The lowest BCUT2D eigenvalue weighted by atomic mass is 9.96. The predicted molar refractivity (Wildman–Crippen MR) is 161 cm³/mol. The third kappa shape index (κ3) is 5.11. The van der Waals surface area contributed by atoms with Crippen molar-refractivity contribution >= 4 is 50.1 Å². The number of esters is 1. The summed E-state index contributed by atoms with van der Waals surface area (Å²) < 4.78 is 19.7. The highest BCUT2D eigenvalue weighted by molar-refractivity contribution is 9.10. The first-order valence-corrected chi connectivity index (χ1v) is 14.6. The quantitative estimate of drug-likeness (QED) is 0.255. The molecule has 1 aromatic heterocycles. The maximum absolute atomic E-state index is 14.1. The number of halogens is 1. The van der Waals surface area contributed by atoms with Crippen LogP contribution in [0.1, 0.15) is 44.9 Å². The van der Waals surface area contributed by atoms with Crippen LogP contribution < -0.4 is 24.4 Å². The highest BCUT2D eigenvalue weighted by Crippen LogP contribution is 2.35. The molecule has 1 aliphatic rings. The van der Waals surface area contributed by atoms with Crippen LogP contribution in [0.2, 0.25) is 0 Å². The number of hydrogen-bond acceptors (Lipinski definition) is 7. The molecular formula is C31H29BrN2O5S. The number of hydrogen-bond donors (Lipinski definition) is 0. The Hall–Kier alpha value is -3.69. The number of ether oxygens (including phenoxy) is 3. The summed E-state index contributed by atoms with van der Waals surface area (Å²) in [6.07, 6.45) is 1.83. The average molecular weight is 622 g/mol. The van der Waals surface area contributed by atoms with E-state index in [9.17, 15) is 9.59 Å². The lowest BCUT2D eigenvalue weighted by Gasteiger charge is -2.25. The van der Waals surface area contributed by atoms with Crippen molar-refractivity contribution in [3.8, 4) is 11.5 Å². The number of rotatable bonds is 7. The van der Waals surface area contributed by atoms with Crippen molar-refractivity contribution in [3.63, 3.8) is 0 Å². The fourth-order valence-corrected chi connectivity index (χ4v) is 6.46. The minimum absolute atomic E-state index is 0.0437. The van der Waals surface area contributed by atoms with Gasteiger partial charge in [-0.15, -0.1) is 0 Å². The first-order chi connectivity index (χ1) is 19.2. The zero-order valence-electron chi connectivity index (χ0n) is 22.9. The number of fused-ring (bicyclic) bond motifs is 2. The topological polar surface area (TPSA) is 79.1 Å². The van der Waals surface area contributed by atoms with E-state index in [4.69, 9.17) is 19.2 Å². The normalized spacial score (nSPS) is 15.3. The van der Waals surface area contributed by atoms with Gasteiger partial charge in [-0.2, -0.15) is 0 Å². The molecule has 0 radical (unpaired) electrons. The van der Waals surface area contributed by atoms with Gasteiger partial charge in [-0.25, -0.2) is 9.79 Å². The van der Waals surface area contributed by atoms with Crippen LogP contribution in [0.25, 0.3) is 16.8 Å². The van der Waals surface area contributed by atoms with E-state index in [1.807, 2.05) is 68.5 Å². The van der Waals surface area contributed by atoms with Gasteiger partial charge in [-0.1, -0.05) is 47.7 Å². The maximum Gasteiger partial charge on any atom is 0.338 e. The zero-order chi connectivity index (χ0) is 28.6. The van der Waals surface area contributed by atoms with Crippen molar-refractivity contribution in [1.29, 1.82) is 0 Å². The first-order valence-electron chi connectivity index (χ1n) is 12.9. The van der Waals surface area contributed by atoms with Crippen LogP contribution in [0.4, 0.5) is 0 Å². The Kier molecular flexibility index (Phi) is 7.96. The molecule has 0 aliphatic carbocycles. The number of thiazole rings is 1. The monoisotopic (exact) mass is 620 g/mol. The molecule has 2 heterocycles. The van der Waals surface area contributed by atoms with Gasteiger partial charge in [-0.05, 0) is 84.2 Å². The molecule has 0 bridgehead atoms. The number of nitrogens with zero attached hydrogens (tertiary/aromatic N) is 2. The molecule has 0 fully saturated rings. The molecular weight excluding hydrogens is 592 g/mol. The number of carbonyl (C=O) groups is 1. The van der Waals surface area contributed by atoms with Crippen molar-refractivity contribution in [1.82, 2.24) is 4.57 Å². The number of allylic oxidation sites excluding steroid dienone is 1. The van der Waals surface area contributed by atoms with E-state index in [0.29, 0.717) is 36.6 Å². The SMILES string of the molecule is CCOC(=O)C1=C(C)N=c2s/c(=C/c3c(OC(C)C)ccc4ccccc34)c(=O)n2[C@@H]1c1ccc(OC)c(Br)c1. The molecule has 0 saturated heterocycles. The summed E-state index contributed by atoms with van der Waals surface area (Å²) in [5, 5.41) is 2.02. The summed E-state index contributed by atoms with van der Waals surface area (Å²) in [5.41, 5.74) is 2.14. The molecule has 3 aromatic carbocycles. The summed E-state index contributed by atoms with van der Waals surface area (Å²) in [6, 6.07) is 16.7. The van der Waals surface area contributed by atoms with Crippen LogP contribution in [-0.4, -0.2) is 30.4 Å². The van der Waals surface area contributed by atoms with Gasteiger partial charge < -0.3 is 14.2 Å². The van der Waals surface area contributed by atoms with E-state index >= 15 is 0 Å². The second-order valence-corrected chi connectivity index (χ2v) is 11.4. The van der Waals surface area contributed by atoms with Crippen LogP contribution >= 0.6 is 27.3 Å². The predicted octanol–water partition coefficient (Wildman–Crippen LogP) is 5.51. The maximum atomic E-state index is 14.1. The van der Waals surface area contributed by atoms with Gasteiger partial charge in [0, 0.05) is 5.56 Å². The highest BCUT2D eigenvalue weighted by atomic mass is 79.9.